The van der Waals surface area contributed by atoms with Crippen molar-refractivity contribution in [1.29, 1.82) is 0 Å². The lowest BCUT2D eigenvalue weighted by Gasteiger charge is -2.29. The molecule has 2 rings (SSSR count). The van der Waals surface area contributed by atoms with Crippen molar-refractivity contribution in [3.63, 3.8) is 0 Å². The summed E-state index contributed by atoms with van der Waals surface area (Å²) in [6, 6.07) is 0.484. The number of nitrogens with zero attached hydrogens (tertiary/aromatic N) is 2. The summed E-state index contributed by atoms with van der Waals surface area (Å²) in [6.45, 7) is 5.32. The second-order valence-electron chi connectivity index (χ2n) is 5.74. The van der Waals surface area contributed by atoms with Gasteiger partial charge in [0, 0.05) is 12.6 Å². The lowest BCUT2D eigenvalue weighted by Crippen LogP contribution is -2.34. The molecule has 1 fully saturated rings. The second-order valence-corrected chi connectivity index (χ2v) is 7.07. The van der Waals surface area contributed by atoms with Crippen molar-refractivity contribution in [2.75, 3.05) is 11.4 Å². The minimum atomic E-state index is -0.992. The van der Waals surface area contributed by atoms with Crippen molar-refractivity contribution in [3.05, 3.63) is 10.0 Å². The van der Waals surface area contributed by atoms with Gasteiger partial charge in [0.15, 0.2) is 15.2 Å². The average molecular weight is 317 g/mol. The Balaban J connectivity index is 2.20. The van der Waals surface area contributed by atoms with Gasteiger partial charge in [-0.2, -0.15) is 0 Å². The maximum atomic E-state index is 11.1. The monoisotopic (exact) mass is 316 g/mol. The van der Waals surface area contributed by atoms with E-state index >= 15 is 0 Å². The van der Waals surface area contributed by atoms with Crippen molar-refractivity contribution >= 4 is 34.0 Å². The molecule has 0 aliphatic heterocycles. The van der Waals surface area contributed by atoms with Gasteiger partial charge in [-0.15, -0.1) is 0 Å². The quantitative estimate of drug-likeness (QED) is 0.850. The summed E-state index contributed by atoms with van der Waals surface area (Å²) in [6.07, 6.45) is 5.90. The summed E-state index contributed by atoms with van der Waals surface area (Å²) in [5.41, 5.74) is 0. The molecule has 0 atom stereocenters. The molecule has 4 nitrogen and oxygen atoms in total. The predicted molar refractivity (Wildman–Crippen MR) is 83.1 cm³/mol. The zero-order valence-corrected chi connectivity index (χ0v) is 13.5. The fourth-order valence-electron chi connectivity index (χ4n) is 2.59. The van der Waals surface area contributed by atoms with Crippen molar-refractivity contribution < 1.29 is 9.90 Å². The third-order valence-corrected chi connectivity index (χ3v) is 5.19. The molecule has 0 bridgehead atoms. The largest absolute Gasteiger partial charge is 0.477 e. The van der Waals surface area contributed by atoms with Crippen molar-refractivity contribution in [2.45, 2.75) is 52.0 Å². The highest BCUT2D eigenvalue weighted by molar-refractivity contribution is 7.18. The molecule has 0 radical (unpaired) electrons. The Kier molecular flexibility index (Phi) is 5.27. The zero-order valence-electron chi connectivity index (χ0n) is 11.9. The average Bonchev–Trinajstić information content (AvgIpc) is 2.99. The van der Waals surface area contributed by atoms with Crippen molar-refractivity contribution in [3.8, 4) is 0 Å². The van der Waals surface area contributed by atoms with E-state index < -0.39 is 5.97 Å². The van der Waals surface area contributed by atoms with Crippen LogP contribution in [0, 0.1) is 5.92 Å². The van der Waals surface area contributed by atoms with Gasteiger partial charge < -0.3 is 10.0 Å². The van der Waals surface area contributed by atoms with Gasteiger partial charge in [-0.05, 0) is 25.2 Å². The van der Waals surface area contributed by atoms with Crippen LogP contribution in [-0.4, -0.2) is 28.6 Å². The zero-order chi connectivity index (χ0) is 14.7. The summed E-state index contributed by atoms with van der Waals surface area (Å²) in [7, 11) is 0. The van der Waals surface area contributed by atoms with E-state index in [-0.39, 0.29) is 10.0 Å². The lowest BCUT2D eigenvalue weighted by atomic mass is 10.1. The number of aromatic carboxylic acids is 1. The van der Waals surface area contributed by atoms with Gasteiger partial charge in [0.25, 0.3) is 0 Å². The molecule has 20 heavy (non-hydrogen) atoms. The molecule has 1 aromatic rings. The Labute approximate surface area is 128 Å². The molecule has 6 heteroatoms. The molecule has 1 aromatic heterocycles. The standard InChI is InChI=1S/C14H21ClN2O2S/c1-9(2)7-8-17(10-5-3-4-6-10)14-16-12(15)11(20-14)13(18)19/h9-10H,3-8H2,1-2H3,(H,18,19). The van der Waals surface area contributed by atoms with Crippen LogP contribution in [0.1, 0.15) is 55.6 Å². The van der Waals surface area contributed by atoms with E-state index in [2.05, 4.69) is 23.7 Å². The summed E-state index contributed by atoms with van der Waals surface area (Å²) in [4.78, 5) is 17.8. The Bertz CT molecular complexity index is 470. The van der Waals surface area contributed by atoms with E-state index in [0.29, 0.717) is 12.0 Å². The first kappa shape index (κ1) is 15.6. The van der Waals surface area contributed by atoms with Gasteiger partial charge in [0.2, 0.25) is 0 Å². The molecule has 0 spiro atoms. The van der Waals surface area contributed by atoms with E-state index in [9.17, 15) is 4.79 Å². The molecule has 0 aromatic carbocycles. The van der Waals surface area contributed by atoms with Crippen LogP contribution in [-0.2, 0) is 0 Å². The Hall–Kier alpha value is -0.810. The van der Waals surface area contributed by atoms with E-state index in [0.717, 1.165) is 30.9 Å². The van der Waals surface area contributed by atoms with Crippen molar-refractivity contribution in [2.24, 2.45) is 5.92 Å². The number of halogens is 1. The number of carbonyl (C=O) groups is 1. The summed E-state index contributed by atoms with van der Waals surface area (Å²) >= 11 is 7.14. The number of hydrogen-bond acceptors (Lipinski definition) is 4. The third kappa shape index (κ3) is 3.64. The van der Waals surface area contributed by atoms with Gasteiger partial charge in [-0.1, -0.05) is 49.6 Å². The minimum Gasteiger partial charge on any atom is -0.477 e. The third-order valence-electron chi connectivity index (χ3n) is 3.73. The number of aromatic nitrogens is 1. The number of hydrogen-bond donors (Lipinski definition) is 1. The number of anilines is 1. The van der Waals surface area contributed by atoms with Crippen LogP contribution in [0.15, 0.2) is 0 Å². The Morgan fingerprint density at radius 1 is 1.50 bits per heavy atom. The summed E-state index contributed by atoms with van der Waals surface area (Å²) in [5.74, 6) is -0.373. The van der Waals surface area contributed by atoms with Crippen LogP contribution >= 0.6 is 22.9 Å². The molecule has 1 N–H and O–H groups in total. The van der Waals surface area contributed by atoms with E-state index in [4.69, 9.17) is 16.7 Å². The molecule has 1 aliphatic rings. The van der Waals surface area contributed by atoms with E-state index in [1.54, 1.807) is 0 Å². The number of thiazole rings is 1. The first-order valence-corrected chi connectivity index (χ1v) is 8.34. The van der Waals surface area contributed by atoms with Gasteiger partial charge in [-0.3, -0.25) is 0 Å². The van der Waals surface area contributed by atoms with Gasteiger partial charge >= 0.3 is 5.97 Å². The number of rotatable bonds is 6. The maximum Gasteiger partial charge on any atom is 0.349 e. The molecule has 112 valence electrons. The lowest BCUT2D eigenvalue weighted by molar-refractivity contribution is 0.0702. The highest BCUT2D eigenvalue weighted by Crippen LogP contribution is 2.34. The first-order valence-electron chi connectivity index (χ1n) is 7.15. The molecule has 0 unspecified atom stereocenters. The highest BCUT2D eigenvalue weighted by Gasteiger charge is 2.27. The van der Waals surface area contributed by atoms with E-state index in [1.165, 1.54) is 24.2 Å². The smallest absolute Gasteiger partial charge is 0.349 e. The normalized spacial score (nSPS) is 16.0. The van der Waals surface area contributed by atoms with Gasteiger partial charge in [0.1, 0.15) is 0 Å². The SMILES string of the molecule is CC(C)CCN(c1nc(Cl)c(C(=O)O)s1)C1CCCC1. The van der Waals surface area contributed by atoms with Crippen LogP contribution in [0.3, 0.4) is 0 Å². The fourth-order valence-corrected chi connectivity index (χ4v) is 3.81. The van der Waals surface area contributed by atoms with Crippen LogP contribution in [0.25, 0.3) is 0 Å². The van der Waals surface area contributed by atoms with Crippen LogP contribution < -0.4 is 4.90 Å². The topological polar surface area (TPSA) is 53.4 Å². The van der Waals surface area contributed by atoms with Crippen LogP contribution in [0.5, 0.6) is 0 Å². The second kappa shape index (κ2) is 6.76. The molecular formula is C14H21ClN2O2S. The fraction of sp³-hybridized carbons (Fsp3) is 0.714. The maximum absolute atomic E-state index is 11.1. The molecule has 1 heterocycles. The summed E-state index contributed by atoms with van der Waals surface area (Å²) in [5, 5.41) is 9.99. The van der Waals surface area contributed by atoms with Crippen LogP contribution in [0.4, 0.5) is 5.13 Å². The van der Waals surface area contributed by atoms with E-state index in [1.807, 2.05) is 0 Å². The Morgan fingerprint density at radius 2 is 2.15 bits per heavy atom. The molecular weight excluding hydrogens is 296 g/mol. The minimum absolute atomic E-state index is 0.116. The first-order chi connectivity index (χ1) is 9.49. The molecule has 1 saturated carbocycles. The molecule has 0 amide bonds. The number of carboxylic acids is 1. The highest BCUT2D eigenvalue weighted by atomic mass is 35.5. The van der Waals surface area contributed by atoms with Crippen molar-refractivity contribution in [1.82, 2.24) is 4.98 Å². The Morgan fingerprint density at radius 3 is 2.65 bits per heavy atom. The molecule has 1 aliphatic carbocycles. The van der Waals surface area contributed by atoms with Crippen LogP contribution in [0.2, 0.25) is 5.15 Å². The van der Waals surface area contributed by atoms with Gasteiger partial charge in [0.05, 0.1) is 0 Å². The molecule has 0 saturated heterocycles. The number of carboxylic acid groups (broad SMARTS) is 1. The van der Waals surface area contributed by atoms with Gasteiger partial charge in [-0.25, -0.2) is 9.78 Å². The summed E-state index contributed by atoms with van der Waals surface area (Å²) < 4.78 is 0. The predicted octanol–water partition coefficient (Wildman–Crippen LogP) is 4.29.